The molecule has 0 unspecified atom stereocenters. The van der Waals surface area contributed by atoms with E-state index >= 15 is 0 Å². The number of hydrogen-bond acceptors (Lipinski definition) is 8. The van der Waals surface area contributed by atoms with E-state index in [1.165, 1.54) is 5.56 Å². The average molecular weight is 1280 g/mol. The molecule has 19 rings (SSSR count). The lowest BCUT2D eigenvalue weighted by atomic mass is 9.98. The molecule has 0 bridgehead atoms. The van der Waals surface area contributed by atoms with Crippen LogP contribution in [0.3, 0.4) is 0 Å². The van der Waals surface area contributed by atoms with E-state index in [4.69, 9.17) is 38.7 Å². The van der Waals surface area contributed by atoms with Gasteiger partial charge in [0.15, 0.2) is 11.6 Å². The summed E-state index contributed by atoms with van der Waals surface area (Å²) in [5, 5.41) is 6.13. The Hall–Kier alpha value is -13.6. The van der Waals surface area contributed by atoms with Crippen LogP contribution in [0.1, 0.15) is 0 Å². The molecule has 0 radical (unpaired) electrons. The van der Waals surface area contributed by atoms with Crippen LogP contribution in [0.4, 0.5) is 0 Å². The molecule has 0 amide bonds. The molecule has 0 aliphatic rings. The molecule has 8 heteroatoms. The fraction of sp³-hybridized carbons (Fsp3) is 0. The predicted molar refractivity (Wildman–Crippen MR) is 409 cm³/mol. The first-order valence-electron chi connectivity index (χ1n) is 33.5. The zero-order chi connectivity index (χ0) is 66.3. The molecule has 100 heavy (non-hydrogen) atoms. The number of furan rings is 2. The van der Waals surface area contributed by atoms with Gasteiger partial charge >= 0.3 is 0 Å². The lowest BCUT2D eigenvalue weighted by molar-refractivity contribution is 0.672. The van der Waals surface area contributed by atoms with Crippen molar-refractivity contribution in [2.75, 3.05) is 0 Å². The number of hydrogen-bond donors (Lipinski definition) is 0. The van der Waals surface area contributed by atoms with Gasteiger partial charge in [0, 0.05) is 66.1 Å². The summed E-state index contributed by atoms with van der Waals surface area (Å²) in [6.45, 7) is 0. The van der Waals surface area contributed by atoms with E-state index in [2.05, 4.69) is 243 Å². The molecule has 0 fully saturated rings. The molecule has 0 aliphatic heterocycles. The SMILES string of the molecule is c1ccc(-c2ccc(-c3nc(-c4ccccc4)cc(-c4ccc(-c5nc6ccc(-c7ccccc7)cc6c6oc7ccccc7c56)cc4)n3)cc2)cc1.c1ccc(-c2ccc3nc(-c4ccc(-c5cc(-c6ccccc6)nc(-c6ccccc6)n5)cc4)c4c5ccccc5oc4c3c2)cc1. The molecule has 0 saturated heterocycles. The van der Waals surface area contributed by atoms with Gasteiger partial charge in [-0.15, -0.1) is 0 Å². The standard InChI is InChI=1S/C49H31N3O.C43H27N3O/c1-4-12-32(13-5-1)34-20-26-38(27-21-34)49-51-43(35-16-8-3-9-17-35)31-44(52-49)36-22-24-37(25-23-36)47-46-40-18-10-11-19-45(40)53-48(46)41-30-39(28-29-42(41)50-47)33-14-6-2-7-15-33;1-4-12-28(13-5-1)33-24-25-36-35(26-33)42-40(34-18-10-11-19-39(34)47-42)41(44-36)31-22-20-30(21-23-31)38-27-37(29-14-6-2-7-15-29)45-43(46-38)32-16-8-3-9-17-32/h1-31H;1-27H. The fourth-order valence-electron chi connectivity index (χ4n) is 13.6. The van der Waals surface area contributed by atoms with Gasteiger partial charge in [-0.1, -0.05) is 303 Å². The summed E-state index contributed by atoms with van der Waals surface area (Å²) >= 11 is 0. The molecule has 468 valence electrons. The highest BCUT2D eigenvalue weighted by atomic mass is 16.3. The zero-order valence-electron chi connectivity index (χ0n) is 54.0. The molecular weight excluding hydrogens is 1220 g/mol. The molecule has 0 saturated carbocycles. The average Bonchev–Trinajstić information content (AvgIpc) is 1.55. The Kier molecular flexibility index (Phi) is 15.1. The molecule has 0 atom stereocenters. The lowest BCUT2D eigenvalue weighted by Crippen LogP contribution is -1.96. The number of fused-ring (bicyclic) bond motifs is 10. The van der Waals surface area contributed by atoms with E-state index in [1.807, 2.05) is 109 Å². The maximum absolute atomic E-state index is 6.60. The number of benzene rings is 13. The summed E-state index contributed by atoms with van der Waals surface area (Å²) in [5.74, 6) is 1.38. The lowest BCUT2D eigenvalue weighted by Gasteiger charge is -2.11. The van der Waals surface area contributed by atoms with Crippen LogP contribution >= 0.6 is 0 Å². The smallest absolute Gasteiger partial charge is 0.160 e. The van der Waals surface area contributed by atoms with Crippen LogP contribution in [-0.4, -0.2) is 29.9 Å². The number of rotatable bonds is 11. The summed E-state index contributed by atoms with van der Waals surface area (Å²) in [5.41, 5.74) is 25.4. The molecule has 8 nitrogen and oxygen atoms in total. The van der Waals surface area contributed by atoms with Crippen molar-refractivity contribution in [3.8, 4) is 124 Å². The molecule has 13 aromatic carbocycles. The second kappa shape index (κ2) is 25.5. The van der Waals surface area contributed by atoms with Crippen LogP contribution in [0.5, 0.6) is 0 Å². The van der Waals surface area contributed by atoms with Crippen molar-refractivity contribution in [1.29, 1.82) is 0 Å². The van der Waals surface area contributed by atoms with Crippen molar-refractivity contribution in [3.05, 3.63) is 352 Å². The van der Waals surface area contributed by atoms with Crippen molar-refractivity contribution in [3.63, 3.8) is 0 Å². The van der Waals surface area contributed by atoms with Crippen LogP contribution in [0.2, 0.25) is 0 Å². The Morgan fingerprint density at radius 1 is 0.180 bits per heavy atom. The number of nitrogens with zero attached hydrogens (tertiary/aromatic N) is 6. The Morgan fingerprint density at radius 2 is 0.440 bits per heavy atom. The van der Waals surface area contributed by atoms with Crippen molar-refractivity contribution in [1.82, 2.24) is 29.9 Å². The highest BCUT2D eigenvalue weighted by Gasteiger charge is 2.22. The topological polar surface area (TPSA) is 104 Å². The summed E-state index contributed by atoms with van der Waals surface area (Å²) in [6.07, 6.45) is 0. The summed E-state index contributed by atoms with van der Waals surface area (Å²) < 4.78 is 13.2. The van der Waals surface area contributed by atoms with E-state index in [-0.39, 0.29) is 0 Å². The van der Waals surface area contributed by atoms with Crippen LogP contribution in [0, 0.1) is 0 Å². The molecule has 6 heterocycles. The van der Waals surface area contributed by atoms with Gasteiger partial charge in [-0.3, -0.25) is 0 Å². The van der Waals surface area contributed by atoms with Crippen LogP contribution < -0.4 is 0 Å². The van der Waals surface area contributed by atoms with Gasteiger partial charge in [-0.2, -0.15) is 0 Å². The van der Waals surface area contributed by atoms with Gasteiger partial charge in [0.05, 0.1) is 56.0 Å². The van der Waals surface area contributed by atoms with Crippen molar-refractivity contribution >= 4 is 65.7 Å². The molecule has 6 aromatic heterocycles. The van der Waals surface area contributed by atoms with Gasteiger partial charge in [-0.25, -0.2) is 29.9 Å². The van der Waals surface area contributed by atoms with Gasteiger partial charge in [-0.05, 0) is 81.9 Å². The Labute approximate surface area is 576 Å². The monoisotopic (exact) mass is 1280 g/mol. The first-order valence-corrected chi connectivity index (χ1v) is 33.5. The van der Waals surface area contributed by atoms with E-state index in [0.29, 0.717) is 11.6 Å². The highest BCUT2D eigenvalue weighted by Crippen LogP contribution is 2.44. The first kappa shape index (κ1) is 59.0. The molecule has 0 N–H and O–H groups in total. The molecule has 19 aromatic rings. The normalized spacial score (nSPS) is 11.4. The summed E-state index contributed by atoms with van der Waals surface area (Å²) in [6, 6.07) is 121. The van der Waals surface area contributed by atoms with Crippen molar-refractivity contribution < 1.29 is 8.83 Å². The van der Waals surface area contributed by atoms with E-state index in [1.54, 1.807) is 0 Å². The Morgan fingerprint density at radius 3 is 0.820 bits per heavy atom. The second-order valence-electron chi connectivity index (χ2n) is 24.8. The minimum Gasteiger partial charge on any atom is -0.455 e. The van der Waals surface area contributed by atoms with Gasteiger partial charge in [0.2, 0.25) is 0 Å². The highest BCUT2D eigenvalue weighted by molar-refractivity contribution is 6.21. The van der Waals surface area contributed by atoms with Gasteiger partial charge < -0.3 is 8.83 Å². The third-order valence-corrected chi connectivity index (χ3v) is 18.6. The van der Waals surface area contributed by atoms with Crippen LogP contribution in [0.15, 0.2) is 361 Å². The van der Waals surface area contributed by atoms with Crippen LogP contribution in [0.25, 0.3) is 189 Å². The van der Waals surface area contributed by atoms with Crippen molar-refractivity contribution in [2.45, 2.75) is 0 Å². The van der Waals surface area contributed by atoms with Gasteiger partial charge in [0.1, 0.15) is 22.3 Å². The van der Waals surface area contributed by atoms with Crippen LogP contribution in [-0.2, 0) is 0 Å². The molecule has 0 aliphatic carbocycles. The molecule has 0 spiro atoms. The van der Waals surface area contributed by atoms with E-state index in [9.17, 15) is 0 Å². The number of para-hydroxylation sites is 2. The fourth-order valence-corrected chi connectivity index (χ4v) is 13.6. The van der Waals surface area contributed by atoms with Gasteiger partial charge in [0.25, 0.3) is 0 Å². The maximum Gasteiger partial charge on any atom is 0.160 e. The summed E-state index contributed by atoms with van der Waals surface area (Å²) in [4.78, 5) is 30.7. The minimum absolute atomic E-state index is 0.683. The molecular formula is C92H58N6O2. The quantitative estimate of drug-likeness (QED) is 0.126. The third-order valence-electron chi connectivity index (χ3n) is 18.6. The minimum atomic E-state index is 0.683. The summed E-state index contributed by atoms with van der Waals surface area (Å²) in [7, 11) is 0. The maximum atomic E-state index is 6.60. The van der Waals surface area contributed by atoms with E-state index < -0.39 is 0 Å². The first-order chi connectivity index (χ1) is 49.5. The Balaban J connectivity index is 0.000000145. The van der Waals surface area contributed by atoms with E-state index in [0.717, 1.165) is 172 Å². The third kappa shape index (κ3) is 11.3. The predicted octanol–water partition coefficient (Wildman–Crippen LogP) is 24.2. The second-order valence-corrected chi connectivity index (χ2v) is 24.8. The van der Waals surface area contributed by atoms with Crippen molar-refractivity contribution in [2.24, 2.45) is 0 Å². The zero-order valence-corrected chi connectivity index (χ0v) is 54.0. The number of aromatic nitrogens is 6. The number of pyridine rings is 2. The largest absolute Gasteiger partial charge is 0.455 e. The Bertz CT molecular complexity index is 6150.